The van der Waals surface area contributed by atoms with E-state index >= 15 is 0 Å². The zero-order valence-corrected chi connectivity index (χ0v) is 9.70. The molecule has 1 aromatic rings. The highest BCUT2D eigenvalue weighted by Gasteiger charge is 2.24. The van der Waals surface area contributed by atoms with Gasteiger partial charge in [0.1, 0.15) is 11.9 Å². The van der Waals surface area contributed by atoms with Crippen LogP contribution < -0.4 is 4.74 Å². The van der Waals surface area contributed by atoms with Gasteiger partial charge in [-0.15, -0.1) is 0 Å². The molecule has 0 heterocycles. The largest absolute Gasteiger partial charge is 0.497 e. The van der Waals surface area contributed by atoms with Crippen LogP contribution in [0.5, 0.6) is 5.75 Å². The number of carboxylic acid groups (broad SMARTS) is 1. The minimum Gasteiger partial charge on any atom is -0.497 e. The molecular formula is C12H13NO5. The lowest BCUT2D eigenvalue weighted by Gasteiger charge is -2.18. The van der Waals surface area contributed by atoms with Gasteiger partial charge in [0, 0.05) is 5.56 Å². The number of carboxylic acids is 1. The Kier molecular flexibility index (Phi) is 4.66. The van der Waals surface area contributed by atoms with Gasteiger partial charge >= 0.3 is 5.97 Å². The molecule has 0 fully saturated rings. The van der Waals surface area contributed by atoms with E-state index in [9.17, 15) is 15.0 Å². The van der Waals surface area contributed by atoms with Crippen LogP contribution >= 0.6 is 0 Å². The lowest BCUT2D eigenvalue weighted by molar-refractivity contribution is -0.141. The third-order valence-electron chi connectivity index (χ3n) is 2.45. The quantitative estimate of drug-likeness (QED) is 0.700. The zero-order valence-electron chi connectivity index (χ0n) is 9.70. The number of aliphatic hydroxyl groups excluding tert-OH is 2. The van der Waals surface area contributed by atoms with Crippen LogP contribution in [0.15, 0.2) is 18.2 Å². The SMILES string of the molecule is COc1ccc(C#N)c(C(O)C(O)CC(=O)O)c1. The number of carbonyl (C=O) groups is 1. The highest BCUT2D eigenvalue weighted by molar-refractivity contribution is 5.67. The van der Waals surface area contributed by atoms with E-state index in [1.54, 1.807) is 6.07 Å². The molecule has 0 aliphatic rings. The van der Waals surface area contributed by atoms with Crippen LogP contribution in [0, 0.1) is 11.3 Å². The number of benzene rings is 1. The molecule has 6 heteroatoms. The summed E-state index contributed by atoms with van der Waals surface area (Å²) in [5.41, 5.74) is 0.304. The highest BCUT2D eigenvalue weighted by Crippen LogP contribution is 2.26. The molecule has 0 saturated carbocycles. The smallest absolute Gasteiger partial charge is 0.306 e. The number of nitrogens with zero attached hydrogens (tertiary/aromatic N) is 1. The summed E-state index contributed by atoms with van der Waals surface area (Å²) < 4.78 is 4.95. The van der Waals surface area contributed by atoms with Crippen LogP contribution in [-0.2, 0) is 4.79 Å². The summed E-state index contributed by atoms with van der Waals surface area (Å²) in [7, 11) is 1.42. The second-order valence-electron chi connectivity index (χ2n) is 3.68. The topological polar surface area (TPSA) is 111 Å². The minimum atomic E-state index is -1.48. The highest BCUT2D eigenvalue weighted by atomic mass is 16.5. The predicted octanol–water partition coefficient (Wildman–Crippen LogP) is 0.436. The normalized spacial score (nSPS) is 13.4. The molecule has 0 amide bonds. The number of ether oxygens (including phenoxy) is 1. The van der Waals surface area contributed by atoms with Crippen molar-refractivity contribution in [2.24, 2.45) is 0 Å². The molecule has 0 bridgehead atoms. The zero-order chi connectivity index (χ0) is 13.7. The van der Waals surface area contributed by atoms with Gasteiger partial charge in [0.05, 0.1) is 31.3 Å². The van der Waals surface area contributed by atoms with E-state index in [1.807, 2.05) is 6.07 Å². The molecular weight excluding hydrogens is 238 g/mol. The van der Waals surface area contributed by atoms with E-state index in [4.69, 9.17) is 15.1 Å². The Morgan fingerprint density at radius 3 is 2.67 bits per heavy atom. The van der Waals surface area contributed by atoms with E-state index in [2.05, 4.69) is 0 Å². The van der Waals surface area contributed by atoms with E-state index in [1.165, 1.54) is 19.2 Å². The second kappa shape index (κ2) is 6.00. The van der Waals surface area contributed by atoms with Gasteiger partial charge in [-0.1, -0.05) is 0 Å². The number of rotatable bonds is 5. The fraction of sp³-hybridized carbons (Fsp3) is 0.333. The van der Waals surface area contributed by atoms with Crippen LogP contribution in [0.3, 0.4) is 0 Å². The molecule has 0 aromatic heterocycles. The van der Waals surface area contributed by atoms with Crippen molar-refractivity contribution in [2.45, 2.75) is 18.6 Å². The van der Waals surface area contributed by atoms with Crippen LogP contribution in [0.2, 0.25) is 0 Å². The number of hydrogen-bond acceptors (Lipinski definition) is 5. The van der Waals surface area contributed by atoms with Crippen molar-refractivity contribution in [3.8, 4) is 11.8 Å². The summed E-state index contributed by atoms with van der Waals surface area (Å²) in [6.07, 6.45) is -3.55. The Labute approximate surface area is 104 Å². The Hall–Kier alpha value is -2.10. The molecule has 18 heavy (non-hydrogen) atoms. The summed E-state index contributed by atoms with van der Waals surface area (Å²) in [5, 5.41) is 36.8. The van der Waals surface area contributed by atoms with Gasteiger partial charge in [-0.25, -0.2) is 0 Å². The lowest BCUT2D eigenvalue weighted by atomic mass is 9.97. The molecule has 96 valence electrons. The summed E-state index contributed by atoms with van der Waals surface area (Å²) in [6.45, 7) is 0. The van der Waals surface area contributed by atoms with Gasteiger partial charge in [-0.3, -0.25) is 4.79 Å². The molecule has 0 aliphatic heterocycles. The molecule has 0 saturated heterocycles. The van der Waals surface area contributed by atoms with Crippen molar-refractivity contribution in [2.75, 3.05) is 7.11 Å². The fourth-order valence-corrected chi connectivity index (χ4v) is 1.51. The average molecular weight is 251 g/mol. The first-order valence-corrected chi connectivity index (χ1v) is 5.15. The maximum absolute atomic E-state index is 10.5. The molecule has 6 nitrogen and oxygen atoms in total. The van der Waals surface area contributed by atoms with Crippen LogP contribution in [0.1, 0.15) is 23.7 Å². The van der Waals surface area contributed by atoms with Crippen molar-refractivity contribution >= 4 is 5.97 Å². The summed E-state index contributed by atoms with van der Waals surface area (Å²) in [6, 6.07) is 6.23. The van der Waals surface area contributed by atoms with E-state index < -0.39 is 24.6 Å². The van der Waals surface area contributed by atoms with Gasteiger partial charge in [-0.05, 0) is 18.2 Å². The van der Waals surface area contributed by atoms with Crippen molar-refractivity contribution in [3.05, 3.63) is 29.3 Å². The monoisotopic (exact) mass is 251 g/mol. The van der Waals surface area contributed by atoms with Crippen LogP contribution in [0.4, 0.5) is 0 Å². The van der Waals surface area contributed by atoms with E-state index in [0.717, 1.165) is 0 Å². The predicted molar refractivity (Wildman–Crippen MR) is 60.9 cm³/mol. The Bertz CT molecular complexity index is 480. The van der Waals surface area contributed by atoms with Gasteiger partial charge in [0.15, 0.2) is 0 Å². The second-order valence-corrected chi connectivity index (χ2v) is 3.68. The van der Waals surface area contributed by atoms with Crippen molar-refractivity contribution in [3.63, 3.8) is 0 Å². The summed E-state index contributed by atoms with van der Waals surface area (Å²) in [4.78, 5) is 10.5. The minimum absolute atomic E-state index is 0.144. The number of methoxy groups -OCH3 is 1. The van der Waals surface area contributed by atoms with E-state index in [0.29, 0.717) is 5.75 Å². The molecule has 2 atom stereocenters. The Morgan fingerprint density at radius 2 is 2.17 bits per heavy atom. The first kappa shape index (κ1) is 14.0. The number of aliphatic carboxylic acids is 1. The van der Waals surface area contributed by atoms with Crippen molar-refractivity contribution < 1.29 is 24.9 Å². The third kappa shape index (κ3) is 3.20. The van der Waals surface area contributed by atoms with Crippen molar-refractivity contribution in [1.29, 1.82) is 5.26 Å². The van der Waals surface area contributed by atoms with Crippen molar-refractivity contribution in [1.82, 2.24) is 0 Å². The van der Waals surface area contributed by atoms with Crippen LogP contribution in [-0.4, -0.2) is 34.5 Å². The summed E-state index contributed by atoms with van der Waals surface area (Å²) >= 11 is 0. The molecule has 2 unspecified atom stereocenters. The van der Waals surface area contributed by atoms with E-state index in [-0.39, 0.29) is 11.1 Å². The van der Waals surface area contributed by atoms with Gasteiger partial charge in [0.25, 0.3) is 0 Å². The third-order valence-corrected chi connectivity index (χ3v) is 2.45. The first-order valence-electron chi connectivity index (χ1n) is 5.15. The van der Waals surface area contributed by atoms with Gasteiger partial charge in [0.2, 0.25) is 0 Å². The standard InChI is InChI=1S/C12H13NO5/c1-18-8-3-2-7(6-13)9(4-8)12(17)10(14)5-11(15)16/h2-4,10,12,14,17H,5H2,1H3,(H,15,16). The number of aliphatic hydroxyl groups is 2. The summed E-state index contributed by atoms with van der Waals surface area (Å²) in [5.74, 6) is -0.825. The number of hydrogen-bond donors (Lipinski definition) is 3. The maximum atomic E-state index is 10.5. The van der Waals surface area contributed by atoms with Gasteiger partial charge < -0.3 is 20.1 Å². The fourth-order valence-electron chi connectivity index (χ4n) is 1.51. The molecule has 3 N–H and O–H groups in total. The van der Waals surface area contributed by atoms with Crippen LogP contribution in [0.25, 0.3) is 0 Å². The lowest BCUT2D eigenvalue weighted by Crippen LogP contribution is -2.22. The Morgan fingerprint density at radius 1 is 1.50 bits per heavy atom. The molecule has 1 aromatic carbocycles. The maximum Gasteiger partial charge on any atom is 0.306 e. The van der Waals surface area contributed by atoms with Gasteiger partial charge in [-0.2, -0.15) is 5.26 Å². The Balaban J connectivity index is 3.06. The molecule has 0 radical (unpaired) electrons. The molecule has 0 spiro atoms. The number of nitriles is 1. The first-order chi connectivity index (χ1) is 8.49. The molecule has 1 rings (SSSR count). The average Bonchev–Trinajstić information content (AvgIpc) is 2.36. The molecule has 0 aliphatic carbocycles.